The predicted octanol–water partition coefficient (Wildman–Crippen LogP) is 4.74. The summed E-state index contributed by atoms with van der Waals surface area (Å²) >= 11 is 0. The van der Waals surface area contributed by atoms with Crippen LogP contribution in [0.1, 0.15) is 28.4 Å². The number of nitrogens with one attached hydrogen (secondary N) is 1. The Bertz CT molecular complexity index is 958. The van der Waals surface area contributed by atoms with Crippen LogP contribution in [0.15, 0.2) is 54.6 Å². The Kier molecular flexibility index (Phi) is 6.97. The van der Waals surface area contributed by atoms with Crippen molar-refractivity contribution in [2.24, 2.45) is 0 Å². The summed E-state index contributed by atoms with van der Waals surface area (Å²) in [5, 5.41) is 2.74. The van der Waals surface area contributed by atoms with Crippen molar-refractivity contribution in [1.82, 2.24) is 0 Å². The topological polar surface area (TPSA) is 55.4 Å². The monoisotopic (exact) mass is 391 g/mol. The average Bonchev–Trinajstić information content (AvgIpc) is 2.66. The SMILES string of the molecule is COC(=O)c1ccccc1NC(=O)/C=C(/C)c1ccc(C#C[Si](C)(C)C)cc1. The lowest BCUT2D eigenvalue weighted by atomic mass is 10.1. The van der Waals surface area contributed by atoms with Crippen LogP contribution in [-0.4, -0.2) is 27.1 Å². The fourth-order valence-electron chi connectivity index (χ4n) is 2.40. The largest absolute Gasteiger partial charge is 0.465 e. The summed E-state index contributed by atoms with van der Waals surface area (Å²) in [5.74, 6) is 2.41. The highest BCUT2D eigenvalue weighted by Gasteiger charge is 2.12. The molecule has 0 unspecified atom stereocenters. The first-order valence-corrected chi connectivity index (χ1v) is 12.5. The van der Waals surface area contributed by atoms with Gasteiger partial charge >= 0.3 is 5.97 Å². The number of anilines is 1. The molecule has 1 amide bonds. The Hall–Kier alpha value is -3.10. The van der Waals surface area contributed by atoms with Gasteiger partial charge in [-0.3, -0.25) is 4.79 Å². The number of rotatable bonds is 4. The molecule has 0 fully saturated rings. The molecule has 0 aliphatic carbocycles. The zero-order valence-corrected chi connectivity index (χ0v) is 17.9. The van der Waals surface area contributed by atoms with Crippen molar-refractivity contribution in [3.63, 3.8) is 0 Å². The Morgan fingerprint density at radius 2 is 1.68 bits per heavy atom. The molecule has 28 heavy (non-hydrogen) atoms. The lowest BCUT2D eigenvalue weighted by molar-refractivity contribution is -0.111. The molecule has 0 radical (unpaired) electrons. The third-order valence-corrected chi connectivity index (χ3v) is 4.73. The van der Waals surface area contributed by atoms with Crippen molar-refractivity contribution in [2.75, 3.05) is 12.4 Å². The van der Waals surface area contributed by atoms with Crippen molar-refractivity contribution in [2.45, 2.75) is 26.6 Å². The first-order valence-electron chi connectivity index (χ1n) is 9.00. The number of benzene rings is 2. The van der Waals surface area contributed by atoms with Gasteiger partial charge in [0.05, 0.1) is 18.4 Å². The van der Waals surface area contributed by atoms with E-state index in [9.17, 15) is 9.59 Å². The molecular formula is C23H25NO3Si. The van der Waals surface area contributed by atoms with Crippen LogP contribution in [0.5, 0.6) is 0 Å². The van der Waals surface area contributed by atoms with Gasteiger partial charge in [0.2, 0.25) is 5.91 Å². The molecule has 0 atom stereocenters. The molecular weight excluding hydrogens is 366 g/mol. The van der Waals surface area contributed by atoms with E-state index in [1.165, 1.54) is 13.2 Å². The van der Waals surface area contributed by atoms with Gasteiger partial charge in [0.15, 0.2) is 0 Å². The van der Waals surface area contributed by atoms with Crippen molar-refractivity contribution in [3.05, 3.63) is 71.3 Å². The van der Waals surface area contributed by atoms with Gasteiger partial charge in [0.25, 0.3) is 0 Å². The minimum Gasteiger partial charge on any atom is -0.465 e. The van der Waals surface area contributed by atoms with Gasteiger partial charge in [-0.2, -0.15) is 0 Å². The molecule has 0 aliphatic heterocycles. The molecule has 2 aromatic rings. The van der Waals surface area contributed by atoms with E-state index in [1.807, 2.05) is 31.2 Å². The van der Waals surface area contributed by atoms with Crippen molar-refractivity contribution >= 4 is 31.2 Å². The summed E-state index contributed by atoms with van der Waals surface area (Å²) < 4.78 is 4.75. The maximum Gasteiger partial charge on any atom is 0.339 e. The number of amides is 1. The number of ether oxygens (including phenoxy) is 1. The Morgan fingerprint density at radius 3 is 2.29 bits per heavy atom. The van der Waals surface area contributed by atoms with Crippen LogP contribution < -0.4 is 5.32 Å². The quantitative estimate of drug-likeness (QED) is 0.354. The van der Waals surface area contributed by atoms with E-state index in [4.69, 9.17) is 4.74 Å². The molecule has 4 nitrogen and oxygen atoms in total. The van der Waals surface area contributed by atoms with Crippen LogP contribution in [0.2, 0.25) is 19.6 Å². The van der Waals surface area contributed by atoms with Gasteiger partial charge < -0.3 is 10.1 Å². The van der Waals surface area contributed by atoms with Crippen LogP contribution >= 0.6 is 0 Å². The lowest BCUT2D eigenvalue weighted by Crippen LogP contribution is -2.16. The van der Waals surface area contributed by atoms with E-state index in [0.29, 0.717) is 11.3 Å². The second kappa shape index (κ2) is 9.20. The summed E-state index contributed by atoms with van der Waals surface area (Å²) in [6, 6.07) is 14.6. The van der Waals surface area contributed by atoms with Crippen LogP contribution in [0, 0.1) is 11.5 Å². The molecule has 0 bridgehead atoms. The third kappa shape index (κ3) is 6.25. The van der Waals surface area contributed by atoms with Crippen LogP contribution in [0.25, 0.3) is 5.57 Å². The smallest absolute Gasteiger partial charge is 0.339 e. The number of hydrogen-bond acceptors (Lipinski definition) is 3. The highest BCUT2D eigenvalue weighted by Crippen LogP contribution is 2.18. The van der Waals surface area contributed by atoms with E-state index in [2.05, 4.69) is 36.4 Å². The second-order valence-corrected chi connectivity index (χ2v) is 12.2. The summed E-state index contributed by atoms with van der Waals surface area (Å²) in [5.41, 5.74) is 6.79. The summed E-state index contributed by atoms with van der Waals surface area (Å²) in [4.78, 5) is 24.2. The fourth-order valence-corrected chi connectivity index (χ4v) is 2.92. The molecule has 2 rings (SSSR count). The highest BCUT2D eigenvalue weighted by atomic mass is 28.3. The molecule has 2 aromatic carbocycles. The van der Waals surface area contributed by atoms with E-state index in [-0.39, 0.29) is 5.91 Å². The number of carbonyl (C=O) groups is 2. The van der Waals surface area contributed by atoms with Crippen LogP contribution in [0.4, 0.5) is 5.69 Å². The number of para-hydroxylation sites is 1. The predicted molar refractivity (Wildman–Crippen MR) is 117 cm³/mol. The Labute approximate surface area is 167 Å². The van der Waals surface area contributed by atoms with Gasteiger partial charge in [-0.05, 0) is 42.3 Å². The fraction of sp³-hybridized carbons (Fsp3) is 0.217. The number of methoxy groups -OCH3 is 1. The minimum absolute atomic E-state index is 0.309. The van der Waals surface area contributed by atoms with Gasteiger partial charge in [-0.1, -0.05) is 49.8 Å². The number of hydrogen-bond donors (Lipinski definition) is 1. The van der Waals surface area contributed by atoms with Crippen LogP contribution in [0.3, 0.4) is 0 Å². The van der Waals surface area contributed by atoms with E-state index < -0.39 is 14.0 Å². The van der Waals surface area contributed by atoms with Crippen molar-refractivity contribution in [1.29, 1.82) is 0 Å². The second-order valence-electron chi connectivity index (χ2n) is 7.43. The minimum atomic E-state index is -1.41. The summed E-state index contributed by atoms with van der Waals surface area (Å²) in [7, 11) is -0.100. The van der Waals surface area contributed by atoms with Crippen molar-refractivity contribution in [3.8, 4) is 11.5 Å². The Balaban J connectivity index is 2.14. The standard InChI is InChI=1S/C23H25NO3Si/c1-17(19-12-10-18(11-13-19)14-15-28(3,4)5)16-22(25)24-21-9-7-6-8-20(21)23(26)27-2/h6-13,16H,1-5H3,(H,24,25)/b17-16-. The van der Waals surface area contributed by atoms with Crippen LogP contribution in [-0.2, 0) is 9.53 Å². The normalized spacial score (nSPS) is 11.2. The third-order valence-electron chi connectivity index (χ3n) is 3.86. The lowest BCUT2D eigenvalue weighted by Gasteiger charge is -2.08. The summed E-state index contributed by atoms with van der Waals surface area (Å²) in [6.45, 7) is 8.49. The molecule has 0 spiro atoms. The zero-order valence-electron chi connectivity index (χ0n) is 16.9. The van der Waals surface area contributed by atoms with Crippen molar-refractivity contribution < 1.29 is 14.3 Å². The van der Waals surface area contributed by atoms with Gasteiger partial charge in [-0.15, -0.1) is 5.54 Å². The molecule has 0 aliphatic rings. The molecule has 1 N–H and O–H groups in total. The average molecular weight is 392 g/mol. The van der Waals surface area contributed by atoms with E-state index in [1.54, 1.807) is 24.3 Å². The highest BCUT2D eigenvalue weighted by molar-refractivity contribution is 6.83. The Morgan fingerprint density at radius 1 is 1.04 bits per heavy atom. The van der Waals surface area contributed by atoms with E-state index >= 15 is 0 Å². The summed E-state index contributed by atoms with van der Waals surface area (Å²) in [6.07, 6.45) is 1.51. The first kappa shape index (κ1) is 21.2. The van der Waals surface area contributed by atoms with Gasteiger partial charge in [0.1, 0.15) is 8.07 Å². The molecule has 0 aromatic heterocycles. The zero-order chi connectivity index (χ0) is 20.7. The number of allylic oxidation sites excluding steroid dienone is 1. The first-order chi connectivity index (χ1) is 13.2. The molecule has 0 saturated carbocycles. The maximum atomic E-state index is 12.4. The molecule has 0 saturated heterocycles. The van der Waals surface area contributed by atoms with Gasteiger partial charge in [0, 0.05) is 11.6 Å². The number of carbonyl (C=O) groups excluding carboxylic acids is 2. The van der Waals surface area contributed by atoms with Gasteiger partial charge in [-0.25, -0.2) is 4.79 Å². The molecule has 5 heteroatoms. The molecule has 0 heterocycles. The number of esters is 1. The molecule has 144 valence electrons. The maximum absolute atomic E-state index is 12.4. The van der Waals surface area contributed by atoms with E-state index in [0.717, 1.165) is 16.7 Å².